The molecule has 0 aliphatic rings. The quantitative estimate of drug-likeness (QED) is 0.864. The van der Waals surface area contributed by atoms with Crippen molar-refractivity contribution < 1.29 is 4.79 Å². The van der Waals surface area contributed by atoms with E-state index in [1.54, 1.807) is 23.7 Å². The maximum absolute atomic E-state index is 12.4. The van der Waals surface area contributed by atoms with E-state index in [-0.39, 0.29) is 5.91 Å². The first kappa shape index (κ1) is 14.1. The van der Waals surface area contributed by atoms with Crippen molar-refractivity contribution in [3.8, 4) is 0 Å². The molecule has 0 spiro atoms. The largest absolute Gasteiger partial charge is 0.398 e. The molecule has 1 aromatic heterocycles. The highest BCUT2D eigenvalue weighted by molar-refractivity contribution is 5.92. The maximum Gasteiger partial charge on any atom is 0.272 e. The van der Waals surface area contributed by atoms with Crippen LogP contribution in [0.4, 0.5) is 5.69 Å². The number of aromatic nitrogens is 2. The van der Waals surface area contributed by atoms with Crippen molar-refractivity contribution in [3.05, 3.63) is 47.3 Å². The molecule has 2 aromatic rings. The number of aryl methyl sites for hydroxylation is 2. The summed E-state index contributed by atoms with van der Waals surface area (Å²) in [4.78, 5) is 14.1. The number of para-hydroxylation sites is 1. The number of nitrogen functional groups attached to an aromatic ring is 1. The van der Waals surface area contributed by atoms with Crippen LogP contribution in [0.15, 0.2) is 30.3 Å². The van der Waals surface area contributed by atoms with Gasteiger partial charge in [-0.3, -0.25) is 9.48 Å². The molecule has 1 heterocycles. The zero-order valence-corrected chi connectivity index (χ0v) is 12.1. The lowest BCUT2D eigenvalue weighted by Gasteiger charge is -2.18. The molecule has 2 rings (SSSR count). The molecule has 5 heteroatoms. The van der Waals surface area contributed by atoms with Gasteiger partial charge < -0.3 is 10.6 Å². The van der Waals surface area contributed by atoms with Gasteiger partial charge in [-0.25, -0.2) is 0 Å². The molecular formula is C15H20N4O. The van der Waals surface area contributed by atoms with E-state index in [1.165, 1.54) is 0 Å². The van der Waals surface area contributed by atoms with Crippen LogP contribution in [0.2, 0.25) is 0 Å². The van der Waals surface area contributed by atoms with E-state index in [2.05, 4.69) is 5.10 Å². The summed E-state index contributed by atoms with van der Waals surface area (Å²) in [6.07, 6.45) is 0.816. The molecule has 106 valence electrons. The Labute approximate surface area is 119 Å². The lowest BCUT2D eigenvalue weighted by molar-refractivity contribution is 0.0774. The van der Waals surface area contributed by atoms with Crippen LogP contribution in [-0.2, 0) is 20.0 Å². The molecule has 0 radical (unpaired) electrons. The zero-order chi connectivity index (χ0) is 14.7. The van der Waals surface area contributed by atoms with E-state index < -0.39 is 0 Å². The Morgan fingerprint density at radius 1 is 1.40 bits per heavy atom. The van der Waals surface area contributed by atoms with Gasteiger partial charge >= 0.3 is 0 Å². The lowest BCUT2D eigenvalue weighted by Crippen LogP contribution is -2.28. The number of nitrogens with two attached hydrogens (primary N) is 1. The summed E-state index contributed by atoms with van der Waals surface area (Å²) in [7, 11) is 3.56. The Kier molecular flexibility index (Phi) is 4.08. The number of hydrogen-bond acceptors (Lipinski definition) is 3. The van der Waals surface area contributed by atoms with Crippen LogP contribution < -0.4 is 5.73 Å². The number of nitrogens with zero attached hydrogens (tertiary/aromatic N) is 3. The Morgan fingerprint density at radius 2 is 2.10 bits per heavy atom. The zero-order valence-electron chi connectivity index (χ0n) is 12.1. The van der Waals surface area contributed by atoms with Crippen molar-refractivity contribution in [1.29, 1.82) is 0 Å². The average Bonchev–Trinajstić information content (AvgIpc) is 2.81. The van der Waals surface area contributed by atoms with Crippen LogP contribution in [-0.4, -0.2) is 27.6 Å². The molecule has 1 amide bonds. The Balaban J connectivity index is 2.16. The van der Waals surface area contributed by atoms with Crippen molar-refractivity contribution in [2.45, 2.75) is 19.9 Å². The minimum absolute atomic E-state index is 0.0528. The number of rotatable bonds is 4. The normalized spacial score (nSPS) is 10.6. The van der Waals surface area contributed by atoms with Gasteiger partial charge in [0.1, 0.15) is 5.69 Å². The predicted molar refractivity (Wildman–Crippen MR) is 79.2 cm³/mol. The molecule has 0 unspecified atom stereocenters. The molecule has 0 atom stereocenters. The van der Waals surface area contributed by atoms with Crippen LogP contribution in [0.5, 0.6) is 0 Å². The van der Waals surface area contributed by atoms with Crippen molar-refractivity contribution >= 4 is 11.6 Å². The van der Waals surface area contributed by atoms with E-state index in [4.69, 9.17) is 5.73 Å². The van der Waals surface area contributed by atoms with Crippen molar-refractivity contribution in [1.82, 2.24) is 14.7 Å². The molecule has 20 heavy (non-hydrogen) atoms. The minimum atomic E-state index is -0.0528. The van der Waals surface area contributed by atoms with Crippen LogP contribution in [0, 0.1) is 0 Å². The van der Waals surface area contributed by atoms with Gasteiger partial charge in [0.15, 0.2) is 0 Å². The Bertz CT molecular complexity index is 618. The number of amides is 1. The highest BCUT2D eigenvalue weighted by Gasteiger charge is 2.17. The highest BCUT2D eigenvalue weighted by atomic mass is 16.2. The van der Waals surface area contributed by atoms with Gasteiger partial charge in [-0.15, -0.1) is 0 Å². The van der Waals surface area contributed by atoms with Crippen molar-refractivity contribution in [2.24, 2.45) is 7.05 Å². The van der Waals surface area contributed by atoms with Gasteiger partial charge in [-0.1, -0.05) is 25.1 Å². The number of hydrogen-bond donors (Lipinski definition) is 1. The van der Waals surface area contributed by atoms with E-state index in [9.17, 15) is 4.79 Å². The van der Waals surface area contributed by atoms with E-state index in [0.29, 0.717) is 17.9 Å². The van der Waals surface area contributed by atoms with Gasteiger partial charge in [0.05, 0.1) is 5.69 Å². The van der Waals surface area contributed by atoms with Crippen LogP contribution in [0.1, 0.15) is 28.7 Å². The van der Waals surface area contributed by atoms with E-state index in [1.807, 2.05) is 37.3 Å². The summed E-state index contributed by atoms with van der Waals surface area (Å²) in [5, 5.41) is 4.30. The molecular weight excluding hydrogens is 252 g/mol. The summed E-state index contributed by atoms with van der Waals surface area (Å²) in [5.41, 5.74) is 9.07. The fourth-order valence-electron chi connectivity index (χ4n) is 2.10. The molecule has 5 nitrogen and oxygen atoms in total. The van der Waals surface area contributed by atoms with Gasteiger partial charge in [0.2, 0.25) is 0 Å². The van der Waals surface area contributed by atoms with E-state index >= 15 is 0 Å². The fourth-order valence-corrected chi connectivity index (χ4v) is 2.10. The molecule has 1 aromatic carbocycles. The van der Waals surface area contributed by atoms with Crippen LogP contribution in [0.25, 0.3) is 0 Å². The first-order valence-corrected chi connectivity index (χ1v) is 6.64. The fraction of sp³-hybridized carbons (Fsp3) is 0.333. The second-order valence-corrected chi connectivity index (χ2v) is 4.86. The predicted octanol–water partition coefficient (Wildman–Crippen LogP) is 1.84. The van der Waals surface area contributed by atoms with Gasteiger partial charge in [0.25, 0.3) is 5.91 Å². The number of carbonyl (C=O) groups is 1. The van der Waals surface area contributed by atoms with Crippen LogP contribution in [0.3, 0.4) is 0 Å². The van der Waals surface area contributed by atoms with Crippen molar-refractivity contribution in [3.63, 3.8) is 0 Å². The summed E-state index contributed by atoms with van der Waals surface area (Å²) < 4.78 is 1.63. The minimum Gasteiger partial charge on any atom is -0.398 e. The SMILES string of the molecule is CCc1cc(C(=O)N(C)Cc2ccccc2N)n(C)n1. The third kappa shape index (κ3) is 2.82. The van der Waals surface area contributed by atoms with Gasteiger partial charge in [-0.05, 0) is 24.1 Å². The highest BCUT2D eigenvalue weighted by Crippen LogP contribution is 2.14. The summed E-state index contributed by atoms with van der Waals surface area (Å²) in [6.45, 7) is 2.50. The number of benzene rings is 1. The Hall–Kier alpha value is -2.30. The number of carbonyl (C=O) groups excluding carboxylic acids is 1. The molecule has 0 aliphatic carbocycles. The topological polar surface area (TPSA) is 64.2 Å². The maximum atomic E-state index is 12.4. The molecule has 0 aliphatic heterocycles. The van der Waals surface area contributed by atoms with Crippen molar-refractivity contribution in [2.75, 3.05) is 12.8 Å². The molecule has 0 fully saturated rings. The standard InChI is InChI=1S/C15H20N4O/c1-4-12-9-14(19(3)17-12)15(20)18(2)10-11-7-5-6-8-13(11)16/h5-9H,4,10,16H2,1-3H3. The molecule has 0 saturated carbocycles. The number of anilines is 1. The molecule has 0 saturated heterocycles. The first-order chi connectivity index (χ1) is 9.52. The molecule has 2 N–H and O–H groups in total. The Morgan fingerprint density at radius 3 is 2.70 bits per heavy atom. The van der Waals surface area contributed by atoms with Gasteiger partial charge in [-0.2, -0.15) is 5.10 Å². The van der Waals surface area contributed by atoms with E-state index in [0.717, 1.165) is 17.7 Å². The molecule has 0 bridgehead atoms. The monoisotopic (exact) mass is 272 g/mol. The average molecular weight is 272 g/mol. The van der Waals surface area contributed by atoms with Gasteiger partial charge in [0, 0.05) is 26.3 Å². The second-order valence-electron chi connectivity index (χ2n) is 4.86. The first-order valence-electron chi connectivity index (χ1n) is 6.64. The van der Waals surface area contributed by atoms with Crippen LogP contribution >= 0.6 is 0 Å². The summed E-state index contributed by atoms with van der Waals surface area (Å²) in [6, 6.07) is 9.42. The third-order valence-electron chi connectivity index (χ3n) is 3.32. The summed E-state index contributed by atoms with van der Waals surface area (Å²) >= 11 is 0. The third-order valence-corrected chi connectivity index (χ3v) is 3.32. The summed E-state index contributed by atoms with van der Waals surface area (Å²) in [5.74, 6) is -0.0528. The smallest absolute Gasteiger partial charge is 0.272 e. The second kappa shape index (κ2) is 5.77. The lowest BCUT2D eigenvalue weighted by atomic mass is 10.1.